The van der Waals surface area contributed by atoms with Crippen molar-refractivity contribution in [1.29, 1.82) is 0 Å². The van der Waals surface area contributed by atoms with Crippen molar-refractivity contribution in [2.75, 3.05) is 26.8 Å². The Balaban J connectivity index is 1.79. The molecule has 0 saturated heterocycles. The molecule has 1 amide bonds. The lowest BCUT2D eigenvalue weighted by Crippen LogP contribution is -2.31. The van der Waals surface area contributed by atoms with Crippen LogP contribution < -0.4 is 10.6 Å². The Kier molecular flexibility index (Phi) is 5.60. The molecule has 0 unspecified atom stereocenters. The molecule has 0 aliphatic heterocycles. The number of carbonyl (C=O) groups excluding carboxylic acids is 1. The smallest absolute Gasteiger partial charge is 0.263 e. The van der Waals surface area contributed by atoms with Crippen molar-refractivity contribution in [3.63, 3.8) is 0 Å². The van der Waals surface area contributed by atoms with Gasteiger partial charge in [-0.1, -0.05) is 38.2 Å². The van der Waals surface area contributed by atoms with E-state index >= 15 is 0 Å². The van der Waals surface area contributed by atoms with Crippen molar-refractivity contribution in [2.24, 2.45) is 5.41 Å². The normalized spacial score (nSPS) is 12.2. The highest BCUT2D eigenvalue weighted by Crippen LogP contribution is 2.25. The number of thiazole rings is 1. The van der Waals surface area contributed by atoms with Crippen LogP contribution in [-0.2, 0) is 11.3 Å². The fourth-order valence-corrected chi connectivity index (χ4v) is 3.52. The second kappa shape index (κ2) is 7.73. The van der Waals surface area contributed by atoms with Crippen LogP contribution in [0.3, 0.4) is 0 Å². The Morgan fingerprint density at radius 1 is 1.35 bits per heavy atom. The van der Waals surface area contributed by atoms with Gasteiger partial charge in [0.2, 0.25) is 0 Å². The lowest BCUT2D eigenvalue weighted by atomic mass is 9.97. The number of methoxy groups -OCH3 is 1. The molecule has 2 aromatic heterocycles. The van der Waals surface area contributed by atoms with E-state index < -0.39 is 0 Å². The van der Waals surface area contributed by atoms with Gasteiger partial charge in [0, 0.05) is 32.9 Å². The molecular formula is C19H26N4O2S. The minimum Gasteiger partial charge on any atom is -0.383 e. The molecule has 6 nitrogen and oxygen atoms in total. The summed E-state index contributed by atoms with van der Waals surface area (Å²) in [5.41, 5.74) is 3.21. The number of ether oxygens (including phenoxy) is 1. The fraction of sp³-hybridized carbons (Fsp3) is 0.474. The van der Waals surface area contributed by atoms with Crippen molar-refractivity contribution >= 4 is 33.2 Å². The van der Waals surface area contributed by atoms with Gasteiger partial charge < -0.3 is 15.4 Å². The molecule has 2 heterocycles. The van der Waals surface area contributed by atoms with Gasteiger partial charge in [-0.15, -0.1) is 0 Å². The number of benzene rings is 1. The summed E-state index contributed by atoms with van der Waals surface area (Å²) in [7, 11) is 1.70. The van der Waals surface area contributed by atoms with E-state index in [1.165, 1.54) is 16.9 Å². The van der Waals surface area contributed by atoms with Gasteiger partial charge >= 0.3 is 0 Å². The Morgan fingerprint density at radius 2 is 2.15 bits per heavy atom. The van der Waals surface area contributed by atoms with E-state index in [1.807, 2.05) is 16.7 Å². The lowest BCUT2D eigenvalue weighted by Gasteiger charge is -2.18. The van der Waals surface area contributed by atoms with E-state index in [4.69, 9.17) is 4.74 Å². The second-order valence-corrected chi connectivity index (χ2v) is 8.60. The van der Waals surface area contributed by atoms with Crippen molar-refractivity contribution in [3.05, 3.63) is 34.8 Å². The molecule has 0 aliphatic carbocycles. The van der Waals surface area contributed by atoms with Gasteiger partial charge in [0.25, 0.3) is 5.91 Å². The Morgan fingerprint density at radius 3 is 2.88 bits per heavy atom. The largest absolute Gasteiger partial charge is 0.383 e. The number of nitrogens with zero attached hydrogens (tertiary/aromatic N) is 2. The molecule has 0 fully saturated rings. The number of aromatic nitrogens is 2. The van der Waals surface area contributed by atoms with Crippen LogP contribution in [0.4, 0.5) is 0 Å². The van der Waals surface area contributed by atoms with Crippen molar-refractivity contribution in [2.45, 2.75) is 27.3 Å². The summed E-state index contributed by atoms with van der Waals surface area (Å²) in [6.45, 7) is 9.22. The molecule has 0 spiro atoms. The van der Waals surface area contributed by atoms with E-state index in [0.717, 1.165) is 29.1 Å². The first-order valence-corrected chi connectivity index (χ1v) is 9.57. The first-order valence-electron chi connectivity index (χ1n) is 8.76. The molecule has 2 N–H and O–H groups in total. The molecule has 0 atom stereocenters. The zero-order valence-electron chi connectivity index (χ0n) is 15.8. The minimum atomic E-state index is -0.0408. The predicted octanol–water partition coefficient (Wildman–Crippen LogP) is 3.06. The molecule has 0 radical (unpaired) electrons. The summed E-state index contributed by atoms with van der Waals surface area (Å²) in [5.74, 6) is -0.0408. The summed E-state index contributed by atoms with van der Waals surface area (Å²) in [5, 5.41) is 6.34. The summed E-state index contributed by atoms with van der Waals surface area (Å²) in [6.07, 6.45) is 1.88. The average Bonchev–Trinajstić information content (AvgIpc) is 3.14. The summed E-state index contributed by atoms with van der Waals surface area (Å²) in [4.78, 5) is 18.6. The van der Waals surface area contributed by atoms with Crippen molar-refractivity contribution in [3.8, 4) is 0 Å². The van der Waals surface area contributed by atoms with Crippen LogP contribution in [0.15, 0.2) is 24.4 Å². The maximum Gasteiger partial charge on any atom is 0.263 e. The molecule has 26 heavy (non-hydrogen) atoms. The van der Waals surface area contributed by atoms with Crippen LogP contribution in [0.2, 0.25) is 0 Å². The predicted molar refractivity (Wildman–Crippen MR) is 106 cm³/mol. The number of amides is 1. The zero-order chi connectivity index (χ0) is 18.7. The first-order chi connectivity index (χ1) is 12.4. The molecule has 0 aliphatic rings. The number of fused-ring (bicyclic) bond motifs is 3. The molecule has 3 rings (SSSR count). The van der Waals surface area contributed by atoms with Crippen molar-refractivity contribution in [1.82, 2.24) is 20.0 Å². The topological polar surface area (TPSA) is 67.7 Å². The number of nitrogens with one attached hydrogen (secondary N) is 2. The molecule has 1 aromatic carbocycles. The minimum absolute atomic E-state index is 0.0408. The van der Waals surface area contributed by atoms with E-state index in [1.54, 1.807) is 7.11 Å². The highest BCUT2D eigenvalue weighted by molar-refractivity contribution is 7.18. The molecule has 0 bridgehead atoms. The molecule has 7 heteroatoms. The van der Waals surface area contributed by atoms with Crippen LogP contribution in [0, 0.1) is 5.41 Å². The van der Waals surface area contributed by atoms with Gasteiger partial charge in [-0.2, -0.15) is 0 Å². The summed E-state index contributed by atoms with van der Waals surface area (Å²) >= 11 is 1.42. The molecule has 3 aromatic rings. The molecule has 140 valence electrons. The lowest BCUT2D eigenvalue weighted by molar-refractivity contribution is 0.0943. The quantitative estimate of drug-likeness (QED) is 0.624. The Bertz CT molecular complexity index is 907. The second-order valence-electron chi connectivity index (χ2n) is 7.60. The molecule has 0 saturated carbocycles. The highest BCUT2D eigenvalue weighted by atomic mass is 32.1. The molecular weight excluding hydrogens is 348 g/mol. The number of imidazole rings is 1. The van der Waals surface area contributed by atoms with Crippen LogP contribution in [0.5, 0.6) is 0 Å². The van der Waals surface area contributed by atoms with Crippen LogP contribution in [0.1, 0.15) is 36.0 Å². The first kappa shape index (κ1) is 18.8. The van der Waals surface area contributed by atoms with Gasteiger partial charge in [0.15, 0.2) is 4.96 Å². The van der Waals surface area contributed by atoms with Gasteiger partial charge in [-0.05, 0) is 23.1 Å². The van der Waals surface area contributed by atoms with E-state index in [2.05, 4.69) is 48.5 Å². The maximum atomic E-state index is 12.4. The maximum absolute atomic E-state index is 12.4. The van der Waals surface area contributed by atoms with Gasteiger partial charge in [0.1, 0.15) is 4.88 Å². The number of rotatable bonds is 7. The van der Waals surface area contributed by atoms with E-state index in [0.29, 0.717) is 18.0 Å². The third-order valence-electron chi connectivity index (χ3n) is 3.98. The SMILES string of the molecule is COCCNCc1ccc2nc3sc(C(=O)NCC(C)(C)C)cn3c2c1. The summed E-state index contributed by atoms with van der Waals surface area (Å²) < 4.78 is 7.05. The Hall–Kier alpha value is -1.96. The van der Waals surface area contributed by atoms with E-state index in [-0.39, 0.29) is 11.3 Å². The van der Waals surface area contributed by atoms with E-state index in [9.17, 15) is 4.79 Å². The number of hydrogen-bond acceptors (Lipinski definition) is 5. The zero-order valence-corrected chi connectivity index (χ0v) is 16.6. The van der Waals surface area contributed by atoms with Crippen LogP contribution >= 0.6 is 11.3 Å². The van der Waals surface area contributed by atoms with Gasteiger partial charge in [0.05, 0.1) is 17.6 Å². The third-order valence-corrected chi connectivity index (χ3v) is 4.97. The van der Waals surface area contributed by atoms with Crippen LogP contribution in [-0.4, -0.2) is 42.1 Å². The van der Waals surface area contributed by atoms with Crippen LogP contribution in [0.25, 0.3) is 16.0 Å². The monoisotopic (exact) mass is 374 g/mol. The average molecular weight is 375 g/mol. The standard InChI is InChI=1S/C19H26N4O2S/c1-19(2,3)12-21-17(24)16-11-23-15-9-13(10-20-7-8-25-4)5-6-14(15)22-18(23)26-16/h5-6,9,11,20H,7-8,10,12H2,1-4H3,(H,21,24). The Labute approximate surface area is 157 Å². The summed E-state index contributed by atoms with van der Waals surface area (Å²) in [6, 6.07) is 6.23. The van der Waals surface area contributed by atoms with Gasteiger partial charge in [-0.25, -0.2) is 4.98 Å². The number of hydrogen-bond donors (Lipinski definition) is 2. The fourth-order valence-electron chi connectivity index (χ4n) is 2.61. The third kappa shape index (κ3) is 4.41. The van der Waals surface area contributed by atoms with Gasteiger partial charge in [-0.3, -0.25) is 9.20 Å². The highest BCUT2D eigenvalue weighted by Gasteiger charge is 2.17. The number of carbonyl (C=O) groups is 1. The van der Waals surface area contributed by atoms with Crippen molar-refractivity contribution < 1.29 is 9.53 Å².